The zero-order valence-electron chi connectivity index (χ0n) is 10.1. The molecule has 0 radical (unpaired) electrons. The van der Waals surface area contributed by atoms with Crippen molar-refractivity contribution >= 4 is 39.1 Å². The van der Waals surface area contributed by atoms with Gasteiger partial charge in [0.1, 0.15) is 0 Å². The summed E-state index contributed by atoms with van der Waals surface area (Å²) < 4.78 is 0.846. The van der Waals surface area contributed by atoms with Crippen LogP contribution in [0.15, 0.2) is 41.1 Å². The molecular weight excluding hydrogens is 328 g/mol. The predicted molar refractivity (Wildman–Crippen MR) is 78.6 cm³/mol. The highest BCUT2D eigenvalue weighted by atomic mass is 79.9. The summed E-state index contributed by atoms with van der Waals surface area (Å²) in [4.78, 5) is 18.3. The number of rotatable bonds is 1. The van der Waals surface area contributed by atoms with E-state index < -0.39 is 0 Å². The molecule has 1 aliphatic rings. The first-order valence-electron chi connectivity index (χ1n) is 5.81. The van der Waals surface area contributed by atoms with Crippen LogP contribution in [0.4, 0.5) is 5.69 Å². The number of aromatic nitrogens is 1. The highest BCUT2D eigenvalue weighted by molar-refractivity contribution is 9.10. The lowest BCUT2D eigenvalue weighted by Gasteiger charge is -2.21. The minimum absolute atomic E-state index is 0.0148. The second-order valence-electron chi connectivity index (χ2n) is 4.44. The van der Waals surface area contributed by atoms with Crippen LogP contribution in [-0.2, 0) is 0 Å². The van der Waals surface area contributed by atoms with Gasteiger partial charge in [-0.15, -0.1) is 0 Å². The Morgan fingerprint density at radius 2 is 2.11 bits per heavy atom. The van der Waals surface area contributed by atoms with Crippen LogP contribution < -0.4 is 4.90 Å². The van der Waals surface area contributed by atoms with Crippen LogP contribution >= 0.6 is 27.5 Å². The number of pyridine rings is 1. The first-order valence-corrected chi connectivity index (χ1v) is 6.98. The topological polar surface area (TPSA) is 33.2 Å². The summed E-state index contributed by atoms with van der Waals surface area (Å²) in [7, 11) is 0. The number of amides is 1. The number of hydrogen-bond acceptors (Lipinski definition) is 2. The van der Waals surface area contributed by atoms with Gasteiger partial charge in [0.05, 0.1) is 17.9 Å². The van der Waals surface area contributed by atoms with Gasteiger partial charge in [-0.3, -0.25) is 14.7 Å². The van der Waals surface area contributed by atoms with Gasteiger partial charge in [0.2, 0.25) is 0 Å². The van der Waals surface area contributed by atoms with Crippen LogP contribution in [0.1, 0.15) is 28.9 Å². The van der Waals surface area contributed by atoms with Crippen molar-refractivity contribution in [2.45, 2.75) is 13.0 Å². The lowest BCUT2D eigenvalue weighted by atomic mass is 10.1. The van der Waals surface area contributed by atoms with E-state index in [4.69, 9.17) is 11.6 Å². The quantitative estimate of drug-likeness (QED) is 0.780. The van der Waals surface area contributed by atoms with Crippen LogP contribution in [0, 0.1) is 0 Å². The molecule has 1 aliphatic heterocycles. The van der Waals surface area contributed by atoms with Crippen molar-refractivity contribution in [2.24, 2.45) is 0 Å². The van der Waals surface area contributed by atoms with Gasteiger partial charge in [0, 0.05) is 21.3 Å². The summed E-state index contributed by atoms with van der Waals surface area (Å²) in [5.74, 6) is -0.0148. The van der Waals surface area contributed by atoms with Crippen molar-refractivity contribution in [3.8, 4) is 0 Å². The van der Waals surface area contributed by atoms with Gasteiger partial charge in [0.15, 0.2) is 0 Å². The fourth-order valence-corrected chi connectivity index (χ4v) is 2.93. The number of carbonyl (C=O) groups is 1. The van der Waals surface area contributed by atoms with Crippen LogP contribution in [0.2, 0.25) is 5.02 Å². The van der Waals surface area contributed by atoms with Crippen LogP contribution in [0.5, 0.6) is 0 Å². The maximum atomic E-state index is 12.5. The Morgan fingerprint density at radius 3 is 2.84 bits per heavy atom. The Hall–Kier alpha value is -1.39. The number of nitrogens with zero attached hydrogens (tertiary/aromatic N) is 2. The lowest BCUT2D eigenvalue weighted by Crippen LogP contribution is -2.26. The minimum atomic E-state index is -0.0442. The van der Waals surface area contributed by atoms with E-state index in [9.17, 15) is 4.79 Å². The molecule has 0 fully saturated rings. The van der Waals surface area contributed by atoms with Gasteiger partial charge in [0.25, 0.3) is 5.91 Å². The Morgan fingerprint density at radius 1 is 1.32 bits per heavy atom. The summed E-state index contributed by atoms with van der Waals surface area (Å²) in [6, 6.07) is 7.22. The van der Waals surface area contributed by atoms with Crippen LogP contribution in [0.3, 0.4) is 0 Å². The molecule has 2 aromatic rings. The fourth-order valence-electron chi connectivity index (χ4n) is 2.39. The number of benzene rings is 1. The van der Waals surface area contributed by atoms with E-state index in [-0.39, 0.29) is 11.9 Å². The van der Waals surface area contributed by atoms with E-state index in [2.05, 4.69) is 20.9 Å². The minimum Gasteiger partial charge on any atom is -0.300 e. The maximum absolute atomic E-state index is 12.5. The van der Waals surface area contributed by atoms with Crippen molar-refractivity contribution in [2.75, 3.05) is 4.90 Å². The molecule has 1 aromatic carbocycles. The molecule has 5 heteroatoms. The second-order valence-corrected chi connectivity index (χ2v) is 5.80. The maximum Gasteiger partial charge on any atom is 0.259 e. The summed E-state index contributed by atoms with van der Waals surface area (Å²) in [6.07, 6.45) is 3.38. The van der Waals surface area contributed by atoms with Crippen molar-refractivity contribution in [1.82, 2.24) is 4.98 Å². The summed E-state index contributed by atoms with van der Waals surface area (Å²) in [5.41, 5.74) is 2.44. The van der Waals surface area contributed by atoms with Crippen LogP contribution in [0.25, 0.3) is 0 Å². The van der Waals surface area contributed by atoms with Gasteiger partial charge in [-0.05, 0) is 52.7 Å². The van der Waals surface area contributed by atoms with E-state index in [0.717, 1.165) is 15.7 Å². The van der Waals surface area contributed by atoms with Crippen molar-refractivity contribution < 1.29 is 4.79 Å². The Bertz CT molecular complexity index is 674. The summed E-state index contributed by atoms with van der Waals surface area (Å²) in [6.45, 7) is 1.99. The zero-order valence-corrected chi connectivity index (χ0v) is 12.4. The third-order valence-electron chi connectivity index (χ3n) is 3.27. The Labute approximate surface area is 124 Å². The number of halogens is 2. The van der Waals surface area contributed by atoms with Crippen molar-refractivity contribution in [3.05, 3.63) is 57.3 Å². The molecular formula is C14H10BrClN2O. The molecule has 0 spiro atoms. The number of fused-ring (bicyclic) bond motifs is 1. The molecule has 0 bridgehead atoms. The molecule has 19 heavy (non-hydrogen) atoms. The SMILES string of the molecule is C[C@@H]1c2cc(Cl)ccc2C(=O)N1c1cncc(Br)c1. The van der Waals surface area contributed by atoms with E-state index in [1.165, 1.54) is 0 Å². The van der Waals surface area contributed by atoms with E-state index in [1.807, 2.05) is 19.1 Å². The third kappa shape index (κ3) is 2.05. The first kappa shape index (κ1) is 12.6. The van der Waals surface area contributed by atoms with Crippen molar-refractivity contribution in [3.63, 3.8) is 0 Å². The highest BCUT2D eigenvalue weighted by Crippen LogP contribution is 2.38. The van der Waals surface area contributed by atoms with E-state index >= 15 is 0 Å². The Balaban J connectivity index is 2.10. The standard InChI is InChI=1S/C14H10BrClN2O/c1-8-13-5-10(16)2-3-12(13)14(19)18(8)11-4-9(15)6-17-7-11/h2-8H,1H3/t8-/m1/s1. The molecule has 1 amide bonds. The molecule has 2 heterocycles. The predicted octanol–water partition coefficient (Wildman–Crippen LogP) is 4.22. The van der Waals surface area contributed by atoms with Gasteiger partial charge < -0.3 is 0 Å². The van der Waals surface area contributed by atoms with Gasteiger partial charge in [-0.1, -0.05) is 11.6 Å². The normalized spacial score (nSPS) is 17.7. The Kier molecular flexibility index (Phi) is 3.07. The molecule has 0 saturated carbocycles. The fraction of sp³-hybridized carbons (Fsp3) is 0.143. The summed E-state index contributed by atoms with van der Waals surface area (Å²) >= 11 is 9.38. The molecule has 0 aliphatic carbocycles. The van der Waals surface area contributed by atoms with E-state index in [0.29, 0.717) is 10.6 Å². The second kappa shape index (κ2) is 4.62. The average Bonchev–Trinajstić information content (AvgIpc) is 2.61. The van der Waals surface area contributed by atoms with Gasteiger partial charge in [-0.2, -0.15) is 0 Å². The summed E-state index contributed by atoms with van der Waals surface area (Å²) in [5, 5.41) is 0.646. The monoisotopic (exact) mass is 336 g/mol. The lowest BCUT2D eigenvalue weighted by molar-refractivity contribution is 0.0992. The van der Waals surface area contributed by atoms with Crippen LogP contribution in [-0.4, -0.2) is 10.9 Å². The molecule has 3 rings (SSSR count). The smallest absolute Gasteiger partial charge is 0.259 e. The highest BCUT2D eigenvalue weighted by Gasteiger charge is 2.35. The molecule has 1 aromatic heterocycles. The third-order valence-corrected chi connectivity index (χ3v) is 3.94. The first-order chi connectivity index (χ1) is 9.08. The number of anilines is 1. The molecule has 0 saturated heterocycles. The molecule has 1 atom stereocenters. The number of hydrogen-bond donors (Lipinski definition) is 0. The molecule has 0 unspecified atom stereocenters. The molecule has 0 N–H and O–H groups in total. The average molecular weight is 338 g/mol. The van der Waals surface area contributed by atoms with Gasteiger partial charge in [-0.25, -0.2) is 0 Å². The van der Waals surface area contributed by atoms with Crippen molar-refractivity contribution in [1.29, 1.82) is 0 Å². The largest absolute Gasteiger partial charge is 0.300 e. The molecule has 3 nitrogen and oxygen atoms in total. The number of carbonyl (C=O) groups excluding carboxylic acids is 1. The molecule has 96 valence electrons. The van der Waals surface area contributed by atoms with E-state index in [1.54, 1.807) is 29.4 Å². The van der Waals surface area contributed by atoms with Gasteiger partial charge >= 0.3 is 0 Å². The zero-order chi connectivity index (χ0) is 13.6.